The van der Waals surface area contributed by atoms with Crippen molar-refractivity contribution in [1.29, 1.82) is 0 Å². The maximum Gasteiger partial charge on any atom is 0.409 e. The summed E-state index contributed by atoms with van der Waals surface area (Å²) in [6.07, 6.45) is -1.23. The summed E-state index contributed by atoms with van der Waals surface area (Å²) in [4.78, 5) is 10.2. The van der Waals surface area contributed by atoms with Crippen LogP contribution in [-0.4, -0.2) is 16.3 Å². The molecule has 0 atom stereocenters. The van der Waals surface area contributed by atoms with E-state index in [4.69, 9.17) is 10.2 Å². The zero-order chi connectivity index (χ0) is 9.84. The molecule has 5 heteroatoms. The molecule has 0 radical (unpaired) electrons. The van der Waals surface area contributed by atoms with Crippen LogP contribution in [0.1, 0.15) is 5.56 Å². The molecule has 0 saturated carbocycles. The number of hydrogen-bond acceptors (Lipinski definition) is 2. The van der Waals surface area contributed by atoms with Crippen molar-refractivity contribution >= 4 is 11.8 Å². The van der Waals surface area contributed by atoms with Crippen molar-refractivity contribution in [2.45, 2.75) is 6.61 Å². The lowest BCUT2D eigenvalue weighted by molar-refractivity contribution is 0.209. The number of benzene rings is 1. The highest BCUT2D eigenvalue weighted by atomic mass is 19.1. The van der Waals surface area contributed by atoms with E-state index in [9.17, 15) is 9.18 Å². The maximum atomic E-state index is 12.8. The number of aliphatic hydroxyl groups is 1. The fourth-order valence-corrected chi connectivity index (χ4v) is 0.897. The molecule has 1 aromatic rings. The van der Waals surface area contributed by atoms with Crippen LogP contribution in [0, 0.1) is 5.82 Å². The van der Waals surface area contributed by atoms with E-state index in [2.05, 4.69) is 0 Å². The minimum absolute atomic E-state index is 0.0613. The highest BCUT2D eigenvalue weighted by molar-refractivity contribution is 5.82. The second-order valence-corrected chi connectivity index (χ2v) is 2.39. The number of hydrogen-bond donors (Lipinski definition) is 3. The molecule has 1 amide bonds. The smallest absolute Gasteiger partial charge is 0.409 e. The molecule has 0 saturated heterocycles. The number of carbonyl (C=O) groups is 1. The topological polar surface area (TPSA) is 69.6 Å². The molecular weight excluding hydrogens is 177 g/mol. The summed E-state index contributed by atoms with van der Waals surface area (Å²) in [6, 6.07) is 3.61. The van der Waals surface area contributed by atoms with E-state index in [1.54, 1.807) is 0 Å². The zero-order valence-electron chi connectivity index (χ0n) is 6.62. The molecule has 0 aliphatic rings. The molecular formula is C8H8FNO3. The molecule has 3 N–H and O–H groups in total. The monoisotopic (exact) mass is 185 g/mol. The Labute approximate surface area is 73.6 Å². The van der Waals surface area contributed by atoms with Gasteiger partial charge >= 0.3 is 6.09 Å². The second-order valence-electron chi connectivity index (χ2n) is 2.39. The minimum atomic E-state index is -1.23. The quantitative estimate of drug-likeness (QED) is 0.652. The molecule has 70 valence electrons. The van der Waals surface area contributed by atoms with Crippen molar-refractivity contribution in [2.24, 2.45) is 0 Å². The van der Waals surface area contributed by atoms with Gasteiger partial charge in [0.05, 0.1) is 6.61 Å². The summed E-state index contributed by atoms with van der Waals surface area (Å²) < 4.78 is 12.8. The van der Waals surface area contributed by atoms with Crippen molar-refractivity contribution in [2.75, 3.05) is 5.32 Å². The molecule has 1 rings (SSSR count). The molecule has 4 nitrogen and oxygen atoms in total. The van der Waals surface area contributed by atoms with Crippen molar-refractivity contribution in [1.82, 2.24) is 0 Å². The molecule has 0 fully saturated rings. The first-order valence-corrected chi connectivity index (χ1v) is 3.52. The Morgan fingerprint density at radius 1 is 1.54 bits per heavy atom. The van der Waals surface area contributed by atoms with Gasteiger partial charge in [-0.15, -0.1) is 0 Å². The fraction of sp³-hybridized carbons (Fsp3) is 0.125. The van der Waals surface area contributed by atoms with Crippen molar-refractivity contribution in [3.8, 4) is 0 Å². The van der Waals surface area contributed by atoms with E-state index in [1.165, 1.54) is 12.1 Å². The number of carboxylic acid groups (broad SMARTS) is 1. The van der Waals surface area contributed by atoms with Crippen molar-refractivity contribution < 1.29 is 19.4 Å². The Kier molecular flexibility index (Phi) is 2.81. The third-order valence-corrected chi connectivity index (χ3v) is 1.47. The summed E-state index contributed by atoms with van der Waals surface area (Å²) >= 11 is 0. The van der Waals surface area contributed by atoms with Gasteiger partial charge in [0.2, 0.25) is 0 Å². The van der Waals surface area contributed by atoms with Gasteiger partial charge in [-0.05, 0) is 18.2 Å². The third kappa shape index (κ3) is 2.41. The molecule has 0 spiro atoms. The van der Waals surface area contributed by atoms with E-state index in [1.807, 2.05) is 5.32 Å². The highest BCUT2D eigenvalue weighted by Gasteiger charge is 2.03. The average Bonchev–Trinajstić information content (AvgIpc) is 2.07. The first-order chi connectivity index (χ1) is 6.13. The number of nitrogens with one attached hydrogen (secondary N) is 1. The van der Waals surface area contributed by atoms with Gasteiger partial charge in [0.1, 0.15) is 5.82 Å². The number of amides is 1. The molecule has 0 aromatic heterocycles. The van der Waals surface area contributed by atoms with Gasteiger partial charge in [0, 0.05) is 11.3 Å². The first-order valence-electron chi connectivity index (χ1n) is 3.52. The van der Waals surface area contributed by atoms with Gasteiger partial charge in [-0.25, -0.2) is 9.18 Å². The largest absolute Gasteiger partial charge is 0.465 e. The summed E-state index contributed by atoms with van der Waals surface area (Å²) in [7, 11) is 0. The standard InChI is InChI=1S/C8H8FNO3/c9-7-2-1-6(10-8(12)13)3-5(7)4-11/h1-3,10-11H,4H2,(H,12,13). The van der Waals surface area contributed by atoms with Gasteiger partial charge in [0.15, 0.2) is 0 Å². The van der Waals surface area contributed by atoms with Crippen LogP contribution in [-0.2, 0) is 6.61 Å². The molecule has 13 heavy (non-hydrogen) atoms. The lowest BCUT2D eigenvalue weighted by Crippen LogP contribution is -2.07. The van der Waals surface area contributed by atoms with Crippen LogP contribution in [0.4, 0.5) is 14.9 Å². The Morgan fingerprint density at radius 2 is 2.23 bits per heavy atom. The molecule has 0 heterocycles. The van der Waals surface area contributed by atoms with Crippen LogP contribution >= 0.6 is 0 Å². The van der Waals surface area contributed by atoms with Gasteiger partial charge in [-0.3, -0.25) is 5.32 Å². The fourth-order valence-electron chi connectivity index (χ4n) is 0.897. The Bertz CT molecular complexity index is 327. The Balaban J connectivity index is 2.92. The Morgan fingerprint density at radius 3 is 2.77 bits per heavy atom. The van der Waals surface area contributed by atoms with Gasteiger partial charge in [-0.2, -0.15) is 0 Å². The maximum absolute atomic E-state index is 12.8. The molecule has 0 unspecified atom stereocenters. The predicted molar refractivity (Wildman–Crippen MR) is 44.0 cm³/mol. The van der Waals surface area contributed by atoms with Gasteiger partial charge in [-0.1, -0.05) is 0 Å². The molecule has 1 aromatic carbocycles. The number of rotatable bonds is 2. The lowest BCUT2D eigenvalue weighted by atomic mass is 10.2. The highest BCUT2D eigenvalue weighted by Crippen LogP contribution is 2.14. The normalized spacial score (nSPS) is 9.69. The van der Waals surface area contributed by atoms with Crippen LogP contribution in [0.2, 0.25) is 0 Å². The molecule has 0 aliphatic heterocycles. The van der Waals surface area contributed by atoms with Gasteiger partial charge in [0.25, 0.3) is 0 Å². The van der Waals surface area contributed by atoms with Gasteiger partial charge < -0.3 is 10.2 Å². The van der Waals surface area contributed by atoms with Crippen LogP contribution in [0.3, 0.4) is 0 Å². The second kappa shape index (κ2) is 3.86. The summed E-state index contributed by atoms with van der Waals surface area (Å²) in [5, 5.41) is 19.0. The van der Waals surface area contributed by atoms with Crippen LogP contribution in [0.5, 0.6) is 0 Å². The van der Waals surface area contributed by atoms with Crippen LogP contribution in [0.15, 0.2) is 18.2 Å². The third-order valence-electron chi connectivity index (χ3n) is 1.47. The van der Waals surface area contributed by atoms with Crippen molar-refractivity contribution in [3.63, 3.8) is 0 Å². The summed E-state index contributed by atoms with van der Waals surface area (Å²) in [6.45, 7) is -0.457. The lowest BCUT2D eigenvalue weighted by Gasteiger charge is -2.03. The number of halogens is 1. The van der Waals surface area contributed by atoms with Crippen LogP contribution < -0.4 is 5.32 Å². The number of anilines is 1. The van der Waals surface area contributed by atoms with E-state index < -0.39 is 18.5 Å². The van der Waals surface area contributed by atoms with Crippen LogP contribution in [0.25, 0.3) is 0 Å². The van der Waals surface area contributed by atoms with E-state index in [-0.39, 0.29) is 11.3 Å². The van der Waals surface area contributed by atoms with E-state index in [0.717, 1.165) is 6.07 Å². The first kappa shape index (κ1) is 9.47. The zero-order valence-corrected chi connectivity index (χ0v) is 6.62. The summed E-state index contributed by atoms with van der Waals surface area (Å²) in [5.74, 6) is -0.557. The SMILES string of the molecule is O=C(O)Nc1ccc(F)c(CO)c1. The van der Waals surface area contributed by atoms with E-state index >= 15 is 0 Å². The minimum Gasteiger partial charge on any atom is -0.465 e. The van der Waals surface area contributed by atoms with Crippen molar-refractivity contribution in [3.05, 3.63) is 29.6 Å². The number of aliphatic hydroxyl groups excluding tert-OH is 1. The average molecular weight is 185 g/mol. The molecule has 0 bridgehead atoms. The summed E-state index contributed by atoms with van der Waals surface area (Å²) in [5.41, 5.74) is 0.296. The molecule has 0 aliphatic carbocycles. The van der Waals surface area contributed by atoms with E-state index in [0.29, 0.717) is 0 Å². The Hall–Kier alpha value is -1.62. The predicted octanol–water partition coefficient (Wildman–Crippen LogP) is 1.41.